The highest BCUT2D eigenvalue weighted by Gasteiger charge is 2.21. The Morgan fingerprint density at radius 2 is 2.10 bits per heavy atom. The number of fused-ring (bicyclic) bond motifs is 3. The summed E-state index contributed by atoms with van der Waals surface area (Å²) < 4.78 is 1.72. The number of hydrogen-bond donors (Lipinski definition) is 0. The SMILES string of the molecule is Cc1ccc2c(c1)cc(CN(Cc1cccs1)C(=O)c1cnccn1)c1nnnn12. The van der Waals surface area contributed by atoms with Crippen molar-refractivity contribution in [1.82, 2.24) is 34.9 Å². The van der Waals surface area contributed by atoms with Crippen LogP contribution in [0.3, 0.4) is 0 Å². The third-order valence-corrected chi connectivity index (χ3v) is 5.72. The van der Waals surface area contributed by atoms with Crippen molar-refractivity contribution in [2.75, 3.05) is 0 Å². The highest BCUT2D eigenvalue weighted by atomic mass is 32.1. The lowest BCUT2D eigenvalue weighted by molar-refractivity contribution is 0.0726. The van der Waals surface area contributed by atoms with Gasteiger partial charge in [-0.1, -0.05) is 17.7 Å². The molecule has 0 aliphatic carbocycles. The first-order chi connectivity index (χ1) is 14.7. The van der Waals surface area contributed by atoms with Crippen molar-refractivity contribution in [2.45, 2.75) is 20.0 Å². The predicted molar refractivity (Wildman–Crippen MR) is 113 cm³/mol. The van der Waals surface area contributed by atoms with E-state index in [2.05, 4.69) is 37.6 Å². The van der Waals surface area contributed by atoms with Crippen LogP contribution in [0.4, 0.5) is 0 Å². The molecule has 0 aliphatic heterocycles. The molecule has 0 bridgehead atoms. The first kappa shape index (κ1) is 18.3. The maximum absolute atomic E-state index is 13.2. The van der Waals surface area contributed by atoms with Gasteiger partial charge in [0.2, 0.25) is 0 Å². The first-order valence-corrected chi connectivity index (χ1v) is 10.2. The molecule has 9 heteroatoms. The Hall–Kier alpha value is -3.72. The smallest absolute Gasteiger partial charge is 0.274 e. The molecule has 5 aromatic rings. The van der Waals surface area contributed by atoms with E-state index in [4.69, 9.17) is 0 Å². The van der Waals surface area contributed by atoms with Gasteiger partial charge in [-0.3, -0.25) is 9.78 Å². The number of aryl methyl sites for hydroxylation is 1. The molecule has 0 spiro atoms. The van der Waals surface area contributed by atoms with E-state index in [0.717, 1.165) is 26.9 Å². The minimum absolute atomic E-state index is 0.188. The number of carbonyl (C=O) groups is 1. The molecule has 0 N–H and O–H groups in total. The molecule has 0 fully saturated rings. The Morgan fingerprint density at radius 1 is 1.17 bits per heavy atom. The lowest BCUT2D eigenvalue weighted by atomic mass is 10.1. The van der Waals surface area contributed by atoms with Crippen LogP contribution in [-0.2, 0) is 13.1 Å². The van der Waals surface area contributed by atoms with E-state index in [1.807, 2.05) is 36.6 Å². The van der Waals surface area contributed by atoms with Gasteiger partial charge in [0.1, 0.15) is 5.69 Å². The number of tetrazole rings is 1. The van der Waals surface area contributed by atoms with Crippen molar-refractivity contribution in [1.29, 1.82) is 0 Å². The van der Waals surface area contributed by atoms with Crippen LogP contribution in [0.15, 0.2) is 60.4 Å². The van der Waals surface area contributed by atoms with Gasteiger partial charge in [-0.2, -0.15) is 4.52 Å². The molecular formula is C21H17N7OS. The number of aromatic nitrogens is 6. The third kappa shape index (κ3) is 3.39. The first-order valence-electron chi connectivity index (χ1n) is 9.37. The topological polar surface area (TPSA) is 89.2 Å². The summed E-state index contributed by atoms with van der Waals surface area (Å²) in [5.74, 6) is -0.188. The van der Waals surface area contributed by atoms with Crippen molar-refractivity contribution in [3.8, 4) is 0 Å². The Morgan fingerprint density at radius 3 is 2.90 bits per heavy atom. The molecule has 0 unspecified atom stereocenters. The normalized spacial score (nSPS) is 11.2. The monoisotopic (exact) mass is 415 g/mol. The zero-order chi connectivity index (χ0) is 20.5. The molecule has 0 atom stereocenters. The number of hydrogen-bond acceptors (Lipinski definition) is 7. The fourth-order valence-corrected chi connectivity index (χ4v) is 4.19. The van der Waals surface area contributed by atoms with Gasteiger partial charge in [-0.05, 0) is 47.0 Å². The molecule has 4 heterocycles. The van der Waals surface area contributed by atoms with Gasteiger partial charge in [-0.25, -0.2) is 4.98 Å². The summed E-state index contributed by atoms with van der Waals surface area (Å²) in [5, 5.41) is 15.2. The molecular weight excluding hydrogens is 398 g/mol. The number of benzene rings is 1. The largest absolute Gasteiger partial charge is 0.328 e. The van der Waals surface area contributed by atoms with Crippen molar-refractivity contribution >= 4 is 33.8 Å². The number of thiophene rings is 1. The second kappa shape index (κ2) is 7.60. The van der Waals surface area contributed by atoms with Crippen LogP contribution < -0.4 is 0 Å². The molecule has 30 heavy (non-hydrogen) atoms. The van der Waals surface area contributed by atoms with E-state index < -0.39 is 0 Å². The van der Waals surface area contributed by atoms with Crippen LogP contribution >= 0.6 is 11.3 Å². The van der Waals surface area contributed by atoms with Crippen molar-refractivity contribution < 1.29 is 4.79 Å². The summed E-state index contributed by atoms with van der Waals surface area (Å²) >= 11 is 1.61. The summed E-state index contributed by atoms with van der Waals surface area (Å²) in [6.45, 7) is 2.86. The van der Waals surface area contributed by atoms with Gasteiger partial charge in [0.25, 0.3) is 5.91 Å². The Bertz CT molecular complexity index is 1330. The zero-order valence-corrected chi connectivity index (χ0v) is 17.0. The van der Waals surface area contributed by atoms with Gasteiger partial charge in [0.05, 0.1) is 24.8 Å². The highest BCUT2D eigenvalue weighted by Crippen LogP contribution is 2.23. The average molecular weight is 415 g/mol. The molecule has 5 rings (SSSR count). The number of pyridine rings is 1. The summed E-state index contributed by atoms with van der Waals surface area (Å²) in [7, 11) is 0. The van der Waals surface area contributed by atoms with Gasteiger partial charge in [-0.15, -0.1) is 16.4 Å². The second-order valence-electron chi connectivity index (χ2n) is 6.98. The summed E-state index contributed by atoms with van der Waals surface area (Å²) in [6, 6.07) is 12.2. The molecule has 1 aromatic carbocycles. The van der Waals surface area contributed by atoms with E-state index in [1.165, 1.54) is 12.4 Å². The summed E-state index contributed by atoms with van der Waals surface area (Å²) in [6.07, 6.45) is 4.56. The molecule has 0 radical (unpaired) electrons. The van der Waals surface area contributed by atoms with Crippen LogP contribution in [0.1, 0.15) is 26.5 Å². The summed E-state index contributed by atoms with van der Waals surface area (Å²) in [4.78, 5) is 24.3. The quantitative estimate of drug-likeness (QED) is 0.438. The van der Waals surface area contributed by atoms with E-state index in [0.29, 0.717) is 24.4 Å². The van der Waals surface area contributed by atoms with Crippen molar-refractivity contribution in [2.24, 2.45) is 0 Å². The molecule has 0 saturated heterocycles. The van der Waals surface area contributed by atoms with Crippen LogP contribution in [0.5, 0.6) is 0 Å². The van der Waals surface area contributed by atoms with Gasteiger partial charge >= 0.3 is 0 Å². The molecule has 0 saturated carbocycles. The number of rotatable bonds is 5. The highest BCUT2D eigenvalue weighted by molar-refractivity contribution is 7.09. The van der Waals surface area contributed by atoms with Gasteiger partial charge in [0.15, 0.2) is 5.65 Å². The third-order valence-electron chi connectivity index (χ3n) is 4.86. The minimum Gasteiger partial charge on any atom is -0.328 e. The van der Waals surface area contributed by atoms with E-state index >= 15 is 0 Å². The lowest BCUT2D eigenvalue weighted by Crippen LogP contribution is -2.30. The Balaban J connectivity index is 1.59. The maximum atomic E-state index is 13.2. The van der Waals surface area contributed by atoms with Crippen LogP contribution in [-0.4, -0.2) is 40.8 Å². The minimum atomic E-state index is -0.188. The fraction of sp³-hybridized carbons (Fsp3) is 0.143. The van der Waals surface area contributed by atoms with E-state index in [1.54, 1.807) is 26.9 Å². The van der Waals surface area contributed by atoms with Gasteiger partial charge in [0, 0.05) is 28.2 Å². The summed E-state index contributed by atoms with van der Waals surface area (Å²) in [5.41, 5.74) is 3.88. The molecule has 148 valence electrons. The number of amides is 1. The van der Waals surface area contributed by atoms with Crippen LogP contribution in [0.25, 0.3) is 16.6 Å². The Kier molecular flexibility index (Phi) is 4.64. The number of carbonyl (C=O) groups excluding carboxylic acids is 1. The fourth-order valence-electron chi connectivity index (χ4n) is 3.47. The standard InChI is InChI=1S/C21H17N7OS/c1-14-4-5-19-15(9-14)10-16(20-24-25-26-28(19)20)12-27(13-17-3-2-8-30-17)21(29)18-11-22-6-7-23-18/h2-11H,12-13H2,1H3. The van der Waals surface area contributed by atoms with E-state index in [-0.39, 0.29) is 5.91 Å². The molecule has 0 aliphatic rings. The predicted octanol–water partition coefficient (Wildman–Crippen LogP) is 3.28. The van der Waals surface area contributed by atoms with Crippen LogP contribution in [0, 0.1) is 6.92 Å². The average Bonchev–Trinajstić information content (AvgIpc) is 3.45. The molecule has 1 amide bonds. The lowest BCUT2D eigenvalue weighted by Gasteiger charge is -2.22. The molecule has 4 aromatic heterocycles. The van der Waals surface area contributed by atoms with Crippen molar-refractivity contribution in [3.63, 3.8) is 0 Å². The van der Waals surface area contributed by atoms with E-state index in [9.17, 15) is 4.79 Å². The van der Waals surface area contributed by atoms with Crippen LogP contribution in [0.2, 0.25) is 0 Å². The van der Waals surface area contributed by atoms with Crippen molar-refractivity contribution in [3.05, 3.63) is 82.1 Å². The Labute approximate surface area is 175 Å². The zero-order valence-electron chi connectivity index (χ0n) is 16.1. The second-order valence-corrected chi connectivity index (χ2v) is 8.01. The van der Waals surface area contributed by atoms with Gasteiger partial charge < -0.3 is 4.90 Å². The molecule has 8 nitrogen and oxygen atoms in total. The maximum Gasteiger partial charge on any atom is 0.274 e. The number of nitrogens with zero attached hydrogens (tertiary/aromatic N) is 7.